The first-order valence-corrected chi connectivity index (χ1v) is 15.1. The summed E-state index contributed by atoms with van der Waals surface area (Å²) in [6.45, 7) is 14.1. The molecule has 2 aliphatic rings. The summed E-state index contributed by atoms with van der Waals surface area (Å²) in [5.74, 6) is -0.375. The first-order valence-electron chi connectivity index (χ1n) is 11.1. The molecule has 0 saturated heterocycles. The van der Waals surface area contributed by atoms with E-state index >= 15 is 0 Å². The molecule has 9 nitrogen and oxygen atoms in total. The summed E-state index contributed by atoms with van der Waals surface area (Å²) in [5.41, 5.74) is 0.304. The van der Waals surface area contributed by atoms with Crippen LogP contribution < -0.4 is 15.3 Å². The highest BCUT2D eigenvalue weighted by Gasteiger charge is 2.48. The van der Waals surface area contributed by atoms with Gasteiger partial charge in [-0.05, 0) is 35.4 Å². The molecule has 1 aromatic rings. The molecule has 2 heterocycles. The summed E-state index contributed by atoms with van der Waals surface area (Å²) >= 11 is 0. The number of nitrogens with zero attached hydrogens (tertiary/aromatic N) is 2. The third kappa shape index (κ3) is 5.49. The number of fused-ring (bicyclic) bond motifs is 1. The number of benzene rings is 1. The molecule has 0 aliphatic carbocycles. The molecule has 1 aromatic carbocycles. The van der Waals surface area contributed by atoms with E-state index in [-0.39, 0.29) is 34.2 Å². The molecule has 0 spiro atoms. The standard InChI is InChI=1S/C23H35N4O5PS/c1-22(2,3)11-12-27-19(23(4,5)6)18(28)17(21(27)29)20-24-15-10-9-14(26-34(8,31)32)13-16(15)33(7,30)25-20/h9-10,13,19,26,28H,11-12H2,1-8H3,(H,24,25,30). The highest BCUT2D eigenvalue weighted by atomic mass is 32.2. The van der Waals surface area contributed by atoms with Gasteiger partial charge < -0.3 is 15.3 Å². The number of rotatable bonds is 5. The monoisotopic (exact) mass is 510 g/mol. The molecule has 2 aliphatic heterocycles. The fourth-order valence-corrected chi connectivity index (χ4v) is 6.36. The Hall–Kier alpha value is -2.32. The van der Waals surface area contributed by atoms with Gasteiger partial charge in [-0.15, -0.1) is 0 Å². The van der Waals surface area contributed by atoms with E-state index in [2.05, 4.69) is 35.6 Å². The number of carbonyl (C=O) groups is 1. The number of carbonyl (C=O) groups excluding carboxylic acids is 1. The predicted octanol–water partition coefficient (Wildman–Crippen LogP) is 3.92. The maximum Gasteiger partial charge on any atom is 0.261 e. The zero-order valence-electron chi connectivity index (χ0n) is 21.1. The predicted molar refractivity (Wildman–Crippen MR) is 138 cm³/mol. The highest BCUT2D eigenvalue weighted by Crippen LogP contribution is 2.49. The van der Waals surface area contributed by atoms with Crippen LogP contribution in [0.1, 0.15) is 48.0 Å². The van der Waals surface area contributed by atoms with Gasteiger partial charge in [0.2, 0.25) is 17.3 Å². The van der Waals surface area contributed by atoms with E-state index < -0.39 is 28.8 Å². The Bertz CT molecular complexity index is 1240. The van der Waals surface area contributed by atoms with Gasteiger partial charge in [0, 0.05) is 18.9 Å². The topological polar surface area (TPSA) is 128 Å². The minimum Gasteiger partial charge on any atom is -0.509 e. The maximum atomic E-state index is 13.5. The SMILES string of the molecule is CC(C)(C)CCN1C(=O)C(C2=NP(C)(=O)c3cc(NS(C)(=O)=O)ccc3N2)=C(O)C1C(C)(C)C. The lowest BCUT2D eigenvalue weighted by molar-refractivity contribution is -0.128. The van der Waals surface area contributed by atoms with Crippen LogP contribution in [-0.2, 0) is 19.4 Å². The van der Waals surface area contributed by atoms with Gasteiger partial charge in [-0.3, -0.25) is 14.1 Å². The van der Waals surface area contributed by atoms with Gasteiger partial charge in [0.25, 0.3) is 5.91 Å². The Balaban J connectivity index is 2.03. The van der Waals surface area contributed by atoms with Crippen molar-refractivity contribution in [2.24, 2.45) is 15.6 Å². The van der Waals surface area contributed by atoms with Crippen molar-refractivity contribution in [2.45, 2.75) is 54.0 Å². The Morgan fingerprint density at radius 3 is 2.35 bits per heavy atom. The fourth-order valence-electron chi connectivity index (χ4n) is 4.21. The van der Waals surface area contributed by atoms with Crippen molar-refractivity contribution in [3.05, 3.63) is 29.5 Å². The molecule has 0 aromatic heterocycles. The highest BCUT2D eigenvalue weighted by molar-refractivity contribution is 7.92. The van der Waals surface area contributed by atoms with Gasteiger partial charge >= 0.3 is 0 Å². The molecule has 0 radical (unpaired) electrons. The molecule has 2 atom stereocenters. The van der Waals surface area contributed by atoms with Gasteiger partial charge in [0.15, 0.2) is 0 Å². The first kappa shape index (κ1) is 26.3. The van der Waals surface area contributed by atoms with E-state index in [1.165, 1.54) is 18.8 Å². The number of hydrogen-bond acceptors (Lipinski definition) is 6. The number of aliphatic hydroxyl groups is 1. The zero-order valence-corrected chi connectivity index (χ0v) is 22.8. The second-order valence-electron chi connectivity index (χ2n) is 11.4. The molecule has 3 rings (SSSR count). The van der Waals surface area contributed by atoms with Crippen LogP contribution in [-0.4, -0.2) is 55.7 Å². The number of aliphatic hydroxyl groups excluding tert-OH is 1. The van der Waals surface area contributed by atoms with E-state index in [1.807, 2.05) is 20.8 Å². The lowest BCUT2D eigenvalue weighted by Crippen LogP contribution is -2.45. The molecule has 3 N–H and O–H groups in total. The van der Waals surface area contributed by atoms with E-state index in [9.17, 15) is 22.9 Å². The van der Waals surface area contributed by atoms with Crippen LogP contribution in [0.3, 0.4) is 0 Å². The Kier molecular flexibility index (Phi) is 6.50. The number of amides is 1. The van der Waals surface area contributed by atoms with Gasteiger partial charge in [0.1, 0.15) is 17.2 Å². The number of anilines is 2. The van der Waals surface area contributed by atoms with Crippen molar-refractivity contribution >= 4 is 45.7 Å². The average molecular weight is 511 g/mol. The molecule has 11 heteroatoms. The van der Waals surface area contributed by atoms with Crippen LogP contribution in [0.4, 0.5) is 11.4 Å². The number of nitrogens with one attached hydrogen (secondary N) is 2. The van der Waals surface area contributed by atoms with Crippen LogP contribution in [0.15, 0.2) is 34.3 Å². The number of amidine groups is 1. The largest absolute Gasteiger partial charge is 0.509 e. The van der Waals surface area contributed by atoms with Crippen molar-refractivity contribution in [3.8, 4) is 0 Å². The molecule has 2 unspecified atom stereocenters. The Labute approximate surface area is 202 Å². The van der Waals surface area contributed by atoms with Crippen LogP contribution in [0.25, 0.3) is 0 Å². The average Bonchev–Trinajstić information content (AvgIpc) is 2.88. The quantitative estimate of drug-likeness (QED) is 0.515. The van der Waals surface area contributed by atoms with E-state index in [0.29, 0.717) is 17.5 Å². The summed E-state index contributed by atoms with van der Waals surface area (Å²) in [4.78, 5) is 15.2. The van der Waals surface area contributed by atoms with Crippen molar-refractivity contribution in [1.29, 1.82) is 0 Å². The summed E-state index contributed by atoms with van der Waals surface area (Å²) in [7, 11) is -6.89. The second-order valence-corrected chi connectivity index (χ2v) is 15.6. The lowest BCUT2D eigenvalue weighted by Gasteiger charge is -2.36. The second kappa shape index (κ2) is 8.41. The first-order chi connectivity index (χ1) is 15.3. The number of sulfonamides is 1. The van der Waals surface area contributed by atoms with Gasteiger partial charge in [-0.25, -0.2) is 13.2 Å². The molecular weight excluding hydrogens is 475 g/mol. The van der Waals surface area contributed by atoms with Crippen molar-refractivity contribution in [3.63, 3.8) is 0 Å². The van der Waals surface area contributed by atoms with Gasteiger partial charge in [-0.1, -0.05) is 41.5 Å². The van der Waals surface area contributed by atoms with E-state index in [1.54, 1.807) is 11.0 Å². The third-order valence-corrected chi connectivity index (χ3v) is 8.21. The summed E-state index contributed by atoms with van der Waals surface area (Å²) in [5, 5.41) is 14.6. The van der Waals surface area contributed by atoms with E-state index in [4.69, 9.17) is 0 Å². The molecule has 1 amide bonds. The minimum atomic E-state index is -3.51. The summed E-state index contributed by atoms with van der Waals surface area (Å²) in [6.07, 6.45) is 1.78. The Morgan fingerprint density at radius 2 is 1.82 bits per heavy atom. The molecular formula is C23H35N4O5PS. The smallest absolute Gasteiger partial charge is 0.261 e. The zero-order chi connectivity index (χ0) is 25.9. The van der Waals surface area contributed by atoms with Crippen LogP contribution >= 0.6 is 7.29 Å². The molecule has 188 valence electrons. The number of hydrogen-bond donors (Lipinski definition) is 3. The summed E-state index contributed by atoms with van der Waals surface area (Å²) < 4.78 is 43.4. The van der Waals surface area contributed by atoms with Crippen LogP contribution in [0.2, 0.25) is 0 Å². The third-order valence-electron chi connectivity index (χ3n) is 5.75. The lowest BCUT2D eigenvalue weighted by atomic mass is 9.84. The normalized spacial score (nSPS) is 23.5. The molecule has 34 heavy (non-hydrogen) atoms. The summed E-state index contributed by atoms with van der Waals surface area (Å²) in [6, 6.07) is 4.06. The van der Waals surface area contributed by atoms with Crippen LogP contribution in [0.5, 0.6) is 0 Å². The van der Waals surface area contributed by atoms with Gasteiger partial charge in [0.05, 0.1) is 23.3 Å². The van der Waals surface area contributed by atoms with Crippen molar-refractivity contribution in [1.82, 2.24) is 4.90 Å². The molecule has 0 fully saturated rings. The molecule has 0 bridgehead atoms. The van der Waals surface area contributed by atoms with Crippen molar-refractivity contribution < 1.29 is 22.9 Å². The van der Waals surface area contributed by atoms with E-state index in [0.717, 1.165) is 12.7 Å². The maximum absolute atomic E-state index is 13.5. The minimum absolute atomic E-state index is 0.00251. The van der Waals surface area contributed by atoms with Crippen LogP contribution in [0, 0.1) is 10.8 Å². The van der Waals surface area contributed by atoms with Gasteiger partial charge in [-0.2, -0.15) is 0 Å². The Morgan fingerprint density at radius 1 is 1.21 bits per heavy atom. The van der Waals surface area contributed by atoms with Crippen molar-refractivity contribution in [2.75, 3.05) is 29.5 Å². The fraction of sp³-hybridized carbons (Fsp3) is 0.565. The molecule has 0 saturated carbocycles.